The van der Waals surface area contributed by atoms with Crippen LogP contribution >= 0.6 is 0 Å². The van der Waals surface area contributed by atoms with Crippen molar-refractivity contribution in [3.63, 3.8) is 0 Å². The third kappa shape index (κ3) is 1.58. The van der Waals surface area contributed by atoms with E-state index >= 15 is 0 Å². The molecular weight excluding hydrogens is 188 g/mol. The van der Waals surface area contributed by atoms with Crippen LogP contribution in [-0.4, -0.2) is 14.8 Å². The highest BCUT2D eigenvalue weighted by Gasteiger charge is 2.25. The topological polar surface area (TPSA) is 56.7 Å². The molecule has 0 radical (unpaired) electrons. The van der Waals surface area contributed by atoms with Gasteiger partial charge in [0, 0.05) is 24.4 Å². The molecule has 1 saturated carbocycles. The third-order valence-electron chi connectivity index (χ3n) is 2.63. The van der Waals surface area contributed by atoms with E-state index in [1.54, 1.807) is 6.20 Å². The zero-order chi connectivity index (χ0) is 10.3. The van der Waals surface area contributed by atoms with Gasteiger partial charge in [-0.3, -0.25) is 0 Å². The molecule has 4 nitrogen and oxygen atoms in total. The van der Waals surface area contributed by atoms with E-state index in [9.17, 15) is 0 Å². The molecule has 1 aliphatic carbocycles. The number of pyridine rings is 1. The van der Waals surface area contributed by atoms with Gasteiger partial charge in [0.1, 0.15) is 5.82 Å². The Morgan fingerprint density at radius 1 is 1.33 bits per heavy atom. The summed E-state index contributed by atoms with van der Waals surface area (Å²) in [5.74, 6) is 1.21. The van der Waals surface area contributed by atoms with Crippen molar-refractivity contribution < 1.29 is 0 Å². The lowest BCUT2D eigenvalue weighted by molar-refractivity contribution is 0.836. The third-order valence-corrected chi connectivity index (χ3v) is 2.63. The quantitative estimate of drug-likeness (QED) is 0.803. The first-order valence-electron chi connectivity index (χ1n) is 5.10. The molecule has 0 amide bonds. The van der Waals surface area contributed by atoms with Crippen LogP contribution in [-0.2, 0) is 0 Å². The Morgan fingerprint density at radius 2 is 2.20 bits per heavy atom. The monoisotopic (exact) mass is 200 g/mol. The normalized spacial score (nSPS) is 15.5. The molecule has 76 valence electrons. The van der Waals surface area contributed by atoms with Crippen molar-refractivity contribution in [3.8, 4) is 5.69 Å². The van der Waals surface area contributed by atoms with Crippen LogP contribution in [0.3, 0.4) is 0 Å². The van der Waals surface area contributed by atoms with Crippen LogP contribution in [0.4, 0.5) is 5.82 Å². The van der Waals surface area contributed by atoms with E-state index in [2.05, 4.69) is 16.1 Å². The maximum atomic E-state index is 5.62. The first-order valence-corrected chi connectivity index (χ1v) is 5.10. The SMILES string of the molecule is Nc1cc(-n2ccc(C3CC3)n2)ccn1. The first-order chi connectivity index (χ1) is 7.33. The van der Waals surface area contributed by atoms with Crippen molar-refractivity contribution in [2.24, 2.45) is 0 Å². The maximum absolute atomic E-state index is 5.62. The number of hydrogen-bond donors (Lipinski definition) is 1. The summed E-state index contributed by atoms with van der Waals surface area (Å²) in [5, 5.41) is 4.52. The Labute approximate surface area is 87.7 Å². The minimum absolute atomic E-state index is 0.524. The second kappa shape index (κ2) is 3.08. The zero-order valence-corrected chi connectivity index (χ0v) is 8.30. The summed E-state index contributed by atoms with van der Waals surface area (Å²) in [6.45, 7) is 0. The Kier molecular flexibility index (Phi) is 1.74. The molecule has 0 unspecified atom stereocenters. The molecule has 15 heavy (non-hydrogen) atoms. The van der Waals surface area contributed by atoms with Crippen LogP contribution in [0.15, 0.2) is 30.6 Å². The fraction of sp³-hybridized carbons (Fsp3) is 0.273. The van der Waals surface area contributed by atoms with Gasteiger partial charge in [0.05, 0.1) is 11.4 Å². The predicted molar refractivity (Wildman–Crippen MR) is 57.7 cm³/mol. The predicted octanol–water partition coefficient (Wildman–Crippen LogP) is 1.73. The summed E-state index contributed by atoms with van der Waals surface area (Å²) in [7, 11) is 0. The summed E-state index contributed by atoms with van der Waals surface area (Å²) in [6.07, 6.45) is 6.22. The van der Waals surface area contributed by atoms with E-state index in [0.717, 1.165) is 5.69 Å². The van der Waals surface area contributed by atoms with E-state index in [-0.39, 0.29) is 0 Å². The van der Waals surface area contributed by atoms with Crippen LogP contribution in [0.25, 0.3) is 5.69 Å². The Hall–Kier alpha value is -1.84. The molecule has 2 heterocycles. The van der Waals surface area contributed by atoms with Gasteiger partial charge in [-0.05, 0) is 25.0 Å². The van der Waals surface area contributed by atoms with Crippen LogP contribution in [0, 0.1) is 0 Å². The fourth-order valence-electron chi connectivity index (χ4n) is 1.66. The highest BCUT2D eigenvalue weighted by atomic mass is 15.3. The number of aromatic nitrogens is 3. The van der Waals surface area contributed by atoms with Gasteiger partial charge in [-0.15, -0.1) is 0 Å². The lowest BCUT2D eigenvalue weighted by Gasteiger charge is -2.01. The molecule has 0 spiro atoms. The number of nitrogens with two attached hydrogens (primary N) is 1. The molecule has 2 aromatic rings. The van der Waals surface area contributed by atoms with Gasteiger partial charge in [-0.2, -0.15) is 5.10 Å². The average molecular weight is 200 g/mol. The average Bonchev–Trinajstić information content (AvgIpc) is 2.97. The van der Waals surface area contributed by atoms with Gasteiger partial charge in [0.25, 0.3) is 0 Å². The second-order valence-electron chi connectivity index (χ2n) is 3.90. The number of anilines is 1. The Bertz CT molecular complexity index is 485. The molecule has 0 bridgehead atoms. The molecule has 3 rings (SSSR count). The van der Waals surface area contributed by atoms with E-state index in [0.29, 0.717) is 11.7 Å². The molecule has 2 aromatic heterocycles. The number of nitrogen functional groups attached to an aromatic ring is 1. The zero-order valence-electron chi connectivity index (χ0n) is 8.30. The van der Waals surface area contributed by atoms with Gasteiger partial charge >= 0.3 is 0 Å². The standard InChI is InChI=1S/C11H12N4/c12-11-7-9(3-5-13-11)15-6-4-10(14-15)8-1-2-8/h3-8H,1-2H2,(H2,12,13). The van der Waals surface area contributed by atoms with Crippen molar-refractivity contribution in [3.05, 3.63) is 36.3 Å². The smallest absolute Gasteiger partial charge is 0.125 e. The molecule has 4 heteroatoms. The second-order valence-corrected chi connectivity index (χ2v) is 3.90. The summed E-state index contributed by atoms with van der Waals surface area (Å²) in [6, 6.07) is 5.80. The van der Waals surface area contributed by atoms with Gasteiger partial charge in [0.2, 0.25) is 0 Å². The van der Waals surface area contributed by atoms with Gasteiger partial charge in [-0.1, -0.05) is 0 Å². The molecule has 0 aliphatic heterocycles. The molecule has 0 atom stereocenters. The fourth-order valence-corrected chi connectivity index (χ4v) is 1.66. The van der Waals surface area contributed by atoms with E-state index in [1.165, 1.54) is 18.5 Å². The lowest BCUT2D eigenvalue weighted by Crippen LogP contribution is -1.98. The largest absolute Gasteiger partial charge is 0.384 e. The Morgan fingerprint density at radius 3 is 2.93 bits per heavy atom. The van der Waals surface area contributed by atoms with Crippen LogP contribution in [0.5, 0.6) is 0 Å². The van der Waals surface area contributed by atoms with Crippen LogP contribution in [0.2, 0.25) is 0 Å². The maximum Gasteiger partial charge on any atom is 0.125 e. The summed E-state index contributed by atoms with van der Waals surface area (Å²) in [5.41, 5.74) is 7.78. The van der Waals surface area contributed by atoms with Gasteiger partial charge in [-0.25, -0.2) is 9.67 Å². The Balaban J connectivity index is 1.97. The van der Waals surface area contributed by atoms with E-state index in [1.807, 2.05) is 23.0 Å². The van der Waals surface area contributed by atoms with Crippen LogP contribution in [0.1, 0.15) is 24.5 Å². The molecule has 0 aromatic carbocycles. The van der Waals surface area contributed by atoms with Crippen molar-refractivity contribution in [1.29, 1.82) is 0 Å². The highest BCUT2D eigenvalue weighted by Crippen LogP contribution is 2.38. The van der Waals surface area contributed by atoms with Gasteiger partial charge < -0.3 is 5.73 Å². The summed E-state index contributed by atoms with van der Waals surface area (Å²) in [4.78, 5) is 3.96. The summed E-state index contributed by atoms with van der Waals surface area (Å²) < 4.78 is 1.85. The molecular formula is C11H12N4. The number of rotatable bonds is 2. The first kappa shape index (κ1) is 8.47. The highest BCUT2D eigenvalue weighted by molar-refractivity contribution is 5.40. The molecule has 1 aliphatic rings. The number of hydrogen-bond acceptors (Lipinski definition) is 3. The minimum atomic E-state index is 0.524. The van der Waals surface area contributed by atoms with Crippen molar-refractivity contribution in [1.82, 2.24) is 14.8 Å². The molecule has 2 N–H and O–H groups in total. The van der Waals surface area contributed by atoms with Crippen molar-refractivity contribution in [2.45, 2.75) is 18.8 Å². The van der Waals surface area contributed by atoms with E-state index in [4.69, 9.17) is 5.73 Å². The van der Waals surface area contributed by atoms with E-state index < -0.39 is 0 Å². The van der Waals surface area contributed by atoms with Crippen LogP contribution < -0.4 is 5.73 Å². The van der Waals surface area contributed by atoms with Gasteiger partial charge in [0.15, 0.2) is 0 Å². The lowest BCUT2D eigenvalue weighted by atomic mass is 10.3. The molecule has 0 saturated heterocycles. The van der Waals surface area contributed by atoms with Crippen molar-refractivity contribution in [2.75, 3.05) is 5.73 Å². The minimum Gasteiger partial charge on any atom is -0.384 e. The summed E-state index contributed by atoms with van der Waals surface area (Å²) >= 11 is 0. The number of nitrogens with zero attached hydrogens (tertiary/aromatic N) is 3. The van der Waals surface area contributed by atoms with Crippen molar-refractivity contribution >= 4 is 5.82 Å². The molecule has 1 fully saturated rings.